The molecule has 2 aliphatic heterocycles. The van der Waals surface area contributed by atoms with Crippen molar-refractivity contribution in [2.24, 2.45) is 5.92 Å². The highest BCUT2D eigenvalue weighted by molar-refractivity contribution is 7.89. The van der Waals surface area contributed by atoms with Crippen LogP contribution >= 0.6 is 0 Å². The lowest BCUT2D eigenvalue weighted by molar-refractivity contribution is -0.133. The summed E-state index contributed by atoms with van der Waals surface area (Å²) in [6, 6.07) is 14.4. The van der Waals surface area contributed by atoms with Crippen LogP contribution in [0.25, 0.3) is 0 Å². The lowest BCUT2D eigenvalue weighted by Gasteiger charge is -2.49. The maximum atomic E-state index is 13.5. The highest BCUT2D eigenvalue weighted by Crippen LogP contribution is 2.48. The molecular formula is C22H25NO3S. The van der Waals surface area contributed by atoms with Crippen LogP contribution in [-0.4, -0.2) is 24.5 Å². The fraction of sp³-hybridized carbons (Fsp3) is 0.409. The molecule has 0 N–H and O–H groups in total. The van der Waals surface area contributed by atoms with Gasteiger partial charge in [0.1, 0.15) is 5.78 Å². The monoisotopic (exact) mass is 383 g/mol. The Morgan fingerprint density at radius 1 is 1.00 bits per heavy atom. The number of rotatable bonds is 4. The van der Waals surface area contributed by atoms with Crippen LogP contribution < -0.4 is 0 Å². The number of hydrogen-bond donors (Lipinski definition) is 0. The van der Waals surface area contributed by atoms with E-state index in [9.17, 15) is 13.2 Å². The number of nitrogens with zero attached hydrogens (tertiary/aromatic N) is 1. The van der Waals surface area contributed by atoms with E-state index in [0.717, 1.165) is 30.4 Å². The zero-order valence-electron chi connectivity index (χ0n) is 15.8. The third kappa shape index (κ3) is 3.13. The molecular weight excluding hydrogens is 358 g/mol. The van der Waals surface area contributed by atoms with Crippen molar-refractivity contribution < 1.29 is 13.2 Å². The molecule has 1 aliphatic carbocycles. The van der Waals surface area contributed by atoms with Gasteiger partial charge in [0.15, 0.2) is 0 Å². The molecule has 3 atom stereocenters. The lowest BCUT2D eigenvalue weighted by Crippen LogP contribution is -2.56. The SMILES string of the molecule is CCc1ccc([C@H]2[C@H]3CC[C@H](CC3=O)N2S(=O)(=O)c2ccc(C)cc2)cc1. The largest absolute Gasteiger partial charge is 0.299 e. The first-order valence-corrected chi connectivity index (χ1v) is 11.1. The van der Waals surface area contributed by atoms with Crippen molar-refractivity contribution in [1.29, 1.82) is 0 Å². The highest BCUT2D eigenvalue weighted by Gasteiger charge is 2.52. The third-order valence-electron chi connectivity index (χ3n) is 6.00. The van der Waals surface area contributed by atoms with Gasteiger partial charge in [-0.1, -0.05) is 48.9 Å². The summed E-state index contributed by atoms with van der Waals surface area (Å²) in [7, 11) is -3.66. The number of carbonyl (C=O) groups excluding carboxylic acids is 1. The molecule has 2 aromatic carbocycles. The van der Waals surface area contributed by atoms with E-state index >= 15 is 0 Å². The minimum atomic E-state index is -3.66. The Balaban J connectivity index is 1.80. The van der Waals surface area contributed by atoms with Gasteiger partial charge in [0.2, 0.25) is 10.0 Å². The summed E-state index contributed by atoms with van der Waals surface area (Å²) in [5, 5.41) is 0. The van der Waals surface area contributed by atoms with Gasteiger partial charge in [0, 0.05) is 18.4 Å². The van der Waals surface area contributed by atoms with Crippen molar-refractivity contribution in [1.82, 2.24) is 4.31 Å². The number of sulfonamides is 1. The van der Waals surface area contributed by atoms with Gasteiger partial charge in [0.25, 0.3) is 0 Å². The van der Waals surface area contributed by atoms with E-state index in [2.05, 4.69) is 6.92 Å². The number of hydrogen-bond acceptors (Lipinski definition) is 3. The van der Waals surface area contributed by atoms with Crippen LogP contribution in [0.15, 0.2) is 53.4 Å². The molecule has 1 saturated carbocycles. The predicted octanol–water partition coefficient (Wildman–Crippen LogP) is 4.04. The number of benzene rings is 2. The summed E-state index contributed by atoms with van der Waals surface area (Å²) in [5.74, 6) is -0.0473. The van der Waals surface area contributed by atoms with Gasteiger partial charge >= 0.3 is 0 Å². The fourth-order valence-corrected chi connectivity index (χ4v) is 6.35. The lowest BCUT2D eigenvalue weighted by atomic mass is 9.73. The van der Waals surface area contributed by atoms with Gasteiger partial charge in [-0.25, -0.2) is 8.42 Å². The van der Waals surface area contributed by atoms with Crippen LogP contribution in [0.5, 0.6) is 0 Å². The predicted molar refractivity (Wildman–Crippen MR) is 105 cm³/mol. The number of Topliss-reactive ketones (excluding diaryl/α,β-unsaturated/α-hetero) is 1. The number of fused-ring (bicyclic) bond motifs is 3. The van der Waals surface area contributed by atoms with E-state index in [1.165, 1.54) is 5.56 Å². The zero-order valence-corrected chi connectivity index (χ0v) is 16.6. The average Bonchev–Trinajstić information content (AvgIpc) is 2.68. The van der Waals surface area contributed by atoms with Crippen LogP contribution in [0.3, 0.4) is 0 Å². The second-order valence-electron chi connectivity index (χ2n) is 7.70. The normalized spacial score (nSPS) is 25.7. The van der Waals surface area contributed by atoms with Gasteiger partial charge < -0.3 is 0 Å². The molecule has 142 valence electrons. The van der Waals surface area contributed by atoms with Gasteiger partial charge in [0.05, 0.1) is 10.9 Å². The van der Waals surface area contributed by atoms with Crippen molar-refractivity contribution >= 4 is 15.8 Å². The van der Waals surface area contributed by atoms with E-state index in [-0.39, 0.29) is 17.7 Å². The standard InChI is InChI=1S/C22H25NO3S/c1-3-16-6-8-17(9-7-16)22-20-13-10-18(14-21(20)24)23(22)27(25,26)19-11-4-15(2)5-12-19/h4-9,11-12,18,20,22H,3,10,13-14H2,1-2H3/t18-,20+,22+/m1/s1. The van der Waals surface area contributed by atoms with Crippen molar-refractivity contribution in [3.8, 4) is 0 Å². The van der Waals surface area contributed by atoms with Crippen LogP contribution in [0.1, 0.15) is 48.9 Å². The summed E-state index contributed by atoms with van der Waals surface area (Å²) in [4.78, 5) is 12.9. The third-order valence-corrected chi connectivity index (χ3v) is 7.95. The molecule has 0 spiro atoms. The Hall–Kier alpha value is -1.98. The fourth-order valence-electron chi connectivity index (χ4n) is 4.48. The molecule has 5 heteroatoms. The Morgan fingerprint density at radius 3 is 2.26 bits per heavy atom. The zero-order chi connectivity index (χ0) is 19.2. The molecule has 2 aromatic rings. The Bertz CT molecular complexity index is 948. The molecule has 4 nitrogen and oxygen atoms in total. The summed E-state index contributed by atoms with van der Waals surface area (Å²) < 4.78 is 28.7. The molecule has 2 saturated heterocycles. The molecule has 2 heterocycles. The van der Waals surface area contributed by atoms with E-state index in [4.69, 9.17) is 0 Å². The summed E-state index contributed by atoms with van der Waals surface area (Å²) >= 11 is 0. The Kier molecular flexibility index (Phi) is 4.68. The smallest absolute Gasteiger partial charge is 0.243 e. The van der Waals surface area contributed by atoms with Gasteiger partial charge in [-0.15, -0.1) is 0 Å². The van der Waals surface area contributed by atoms with Crippen LogP contribution in [-0.2, 0) is 21.2 Å². The minimum absolute atomic E-state index is 0.200. The van der Waals surface area contributed by atoms with Crippen LogP contribution in [0.2, 0.25) is 0 Å². The van der Waals surface area contributed by atoms with Gasteiger partial charge in [-0.3, -0.25) is 4.79 Å². The molecule has 0 aromatic heterocycles. The Labute approximate surface area is 161 Å². The second-order valence-corrected chi connectivity index (χ2v) is 9.54. The average molecular weight is 384 g/mol. The van der Waals surface area contributed by atoms with Crippen LogP contribution in [0, 0.1) is 12.8 Å². The molecule has 3 fully saturated rings. The molecule has 2 bridgehead atoms. The number of ketones is 1. The highest BCUT2D eigenvalue weighted by atomic mass is 32.2. The molecule has 27 heavy (non-hydrogen) atoms. The van der Waals surface area contributed by atoms with E-state index in [0.29, 0.717) is 11.3 Å². The first-order valence-electron chi connectivity index (χ1n) is 9.63. The second kappa shape index (κ2) is 6.88. The first kappa shape index (κ1) is 18.4. The van der Waals surface area contributed by atoms with E-state index in [1.807, 2.05) is 43.3 Å². The first-order chi connectivity index (χ1) is 12.9. The maximum absolute atomic E-state index is 13.5. The Morgan fingerprint density at radius 2 is 1.67 bits per heavy atom. The number of carbonyl (C=O) groups is 1. The molecule has 5 rings (SSSR count). The molecule has 3 aliphatic rings. The topological polar surface area (TPSA) is 54.5 Å². The molecule has 0 unspecified atom stereocenters. The summed E-state index contributed by atoms with van der Waals surface area (Å²) in [5.41, 5.74) is 3.15. The van der Waals surface area contributed by atoms with E-state index < -0.39 is 16.1 Å². The van der Waals surface area contributed by atoms with Crippen molar-refractivity contribution in [3.63, 3.8) is 0 Å². The molecule has 0 amide bonds. The molecule has 0 radical (unpaired) electrons. The number of piperidine rings is 2. The van der Waals surface area contributed by atoms with Crippen molar-refractivity contribution in [2.45, 2.75) is 56.5 Å². The number of aryl methyl sites for hydroxylation is 2. The summed E-state index contributed by atoms with van der Waals surface area (Å²) in [6.07, 6.45) is 2.79. The quantitative estimate of drug-likeness (QED) is 0.801. The van der Waals surface area contributed by atoms with Crippen LogP contribution in [0.4, 0.5) is 0 Å². The maximum Gasteiger partial charge on any atom is 0.243 e. The van der Waals surface area contributed by atoms with E-state index in [1.54, 1.807) is 16.4 Å². The van der Waals surface area contributed by atoms with Gasteiger partial charge in [-0.2, -0.15) is 4.31 Å². The summed E-state index contributed by atoms with van der Waals surface area (Å²) in [6.45, 7) is 4.03. The van der Waals surface area contributed by atoms with Crippen molar-refractivity contribution in [2.75, 3.05) is 0 Å². The van der Waals surface area contributed by atoms with Gasteiger partial charge in [-0.05, 0) is 49.4 Å². The van der Waals surface area contributed by atoms with Crippen molar-refractivity contribution in [3.05, 3.63) is 65.2 Å². The minimum Gasteiger partial charge on any atom is -0.299 e.